The fourth-order valence-electron chi connectivity index (χ4n) is 1.30. The predicted molar refractivity (Wildman–Crippen MR) is 66.2 cm³/mol. The first-order valence-electron chi connectivity index (χ1n) is 5.37. The van der Waals surface area contributed by atoms with Crippen LogP contribution in [0.4, 0.5) is 5.69 Å². The van der Waals surface area contributed by atoms with Crippen LogP contribution in [0.2, 0.25) is 0 Å². The Balaban J connectivity index is 2.66. The number of nitrogens with one attached hydrogen (secondary N) is 1. The number of nitrogens with zero attached hydrogens (tertiary/aromatic N) is 1. The van der Waals surface area contributed by atoms with Gasteiger partial charge in [0, 0.05) is 12.6 Å². The highest BCUT2D eigenvalue weighted by Crippen LogP contribution is 2.25. The number of hydrogen-bond donors (Lipinski definition) is 2. The van der Waals surface area contributed by atoms with Crippen LogP contribution < -0.4 is 15.8 Å². The van der Waals surface area contributed by atoms with E-state index in [0.717, 1.165) is 0 Å². The van der Waals surface area contributed by atoms with E-state index in [-0.39, 0.29) is 12.5 Å². The molecule has 0 radical (unpaired) electrons. The molecular weight excluding hydrogens is 234 g/mol. The lowest BCUT2D eigenvalue weighted by Crippen LogP contribution is -2.21. The Morgan fingerprint density at radius 1 is 1.56 bits per heavy atom. The lowest BCUT2D eigenvalue weighted by atomic mass is 10.2. The minimum atomic E-state index is -0.300. The molecule has 18 heavy (non-hydrogen) atoms. The summed E-state index contributed by atoms with van der Waals surface area (Å²) in [5, 5.41) is 11.4. The number of amides is 1. The number of carbonyl (C=O) groups excluding carboxylic acids is 1. The van der Waals surface area contributed by atoms with E-state index < -0.39 is 0 Å². The first kappa shape index (κ1) is 14.0. The monoisotopic (exact) mass is 249 g/mol. The molecule has 0 bridgehead atoms. The fraction of sp³-hybridized carbons (Fsp3) is 0.333. The largest absolute Gasteiger partial charge is 0.495 e. The van der Waals surface area contributed by atoms with Crippen LogP contribution in [-0.4, -0.2) is 32.8 Å². The lowest BCUT2D eigenvalue weighted by Gasteiger charge is -2.10. The zero-order valence-electron chi connectivity index (χ0n) is 10.1. The van der Waals surface area contributed by atoms with Gasteiger partial charge in [-0.25, -0.2) is 0 Å². The number of carbonyl (C=O) groups is 1. The average Bonchev–Trinajstić information content (AvgIpc) is 2.39. The number of benzene rings is 1. The molecule has 0 aliphatic carbocycles. The first-order chi connectivity index (χ1) is 8.71. The summed E-state index contributed by atoms with van der Waals surface area (Å²) >= 11 is 0. The number of nitrogens with two attached hydrogens (primary N) is 1. The van der Waals surface area contributed by atoms with Crippen LogP contribution in [-0.2, 0) is 9.53 Å². The third kappa shape index (κ3) is 4.05. The van der Waals surface area contributed by atoms with Gasteiger partial charge in [0.1, 0.15) is 12.4 Å². The van der Waals surface area contributed by atoms with E-state index in [9.17, 15) is 4.79 Å². The van der Waals surface area contributed by atoms with Crippen molar-refractivity contribution in [3.8, 4) is 11.8 Å². The lowest BCUT2D eigenvalue weighted by molar-refractivity contribution is -0.120. The van der Waals surface area contributed by atoms with Gasteiger partial charge in [-0.2, -0.15) is 5.26 Å². The van der Waals surface area contributed by atoms with Crippen molar-refractivity contribution in [2.24, 2.45) is 5.73 Å². The van der Waals surface area contributed by atoms with Crippen molar-refractivity contribution in [3.63, 3.8) is 0 Å². The van der Waals surface area contributed by atoms with Gasteiger partial charge in [0.05, 0.1) is 31.0 Å². The van der Waals surface area contributed by atoms with Gasteiger partial charge in [-0.15, -0.1) is 0 Å². The number of ether oxygens (including phenoxy) is 2. The molecule has 0 unspecified atom stereocenters. The maximum Gasteiger partial charge on any atom is 0.250 e. The molecule has 6 nitrogen and oxygen atoms in total. The van der Waals surface area contributed by atoms with Crippen LogP contribution in [0.15, 0.2) is 18.2 Å². The number of anilines is 1. The highest BCUT2D eigenvalue weighted by atomic mass is 16.5. The fourth-order valence-corrected chi connectivity index (χ4v) is 1.30. The summed E-state index contributed by atoms with van der Waals surface area (Å²) in [6, 6.07) is 6.75. The molecular formula is C12H15N3O3. The Hall–Kier alpha value is -2.10. The summed E-state index contributed by atoms with van der Waals surface area (Å²) < 4.78 is 10.1. The molecule has 0 spiro atoms. The van der Waals surface area contributed by atoms with Crippen molar-refractivity contribution in [1.29, 1.82) is 5.26 Å². The summed E-state index contributed by atoms with van der Waals surface area (Å²) in [6.45, 7) is 0.631. The van der Waals surface area contributed by atoms with E-state index in [2.05, 4.69) is 5.32 Å². The second-order valence-corrected chi connectivity index (χ2v) is 3.42. The molecule has 0 aliphatic rings. The Labute approximate surface area is 105 Å². The molecule has 0 fully saturated rings. The van der Waals surface area contributed by atoms with Crippen LogP contribution in [0.5, 0.6) is 5.75 Å². The Morgan fingerprint density at radius 2 is 2.33 bits per heavy atom. The minimum Gasteiger partial charge on any atom is -0.495 e. The van der Waals surface area contributed by atoms with Crippen LogP contribution >= 0.6 is 0 Å². The molecule has 96 valence electrons. The predicted octanol–water partition coefficient (Wildman–Crippen LogP) is 0.481. The van der Waals surface area contributed by atoms with Crippen molar-refractivity contribution in [2.75, 3.05) is 32.2 Å². The molecule has 1 amide bonds. The Kier molecular flexibility index (Phi) is 5.64. The molecule has 0 heterocycles. The third-order valence-corrected chi connectivity index (χ3v) is 2.10. The maximum absolute atomic E-state index is 11.5. The van der Waals surface area contributed by atoms with Gasteiger partial charge in [-0.3, -0.25) is 4.79 Å². The maximum atomic E-state index is 11.5. The van der Waals surface area contributed by atoms with Gasteiger partial charge in [0.25, 0.3) is 0 Å². The van der Waals surface area contributed by atoms with Crippen molar-refractivity contribution in [3.05, 3.63) is 23.8 Å². The second kappa shape index (κ2) is 7.27. The number of rotatable bonds is 6. The van der Waals surface area contributed by atoms with Gasteiger partial charge >= 0.3 is 0 Å². The summed E-state index contributed by atoms with van der Waals surface area (Å²) in [6.07, 6.45) is 0. The van der Waals surface area contributed by atoms with Crippen molar-refractivity contribution in [2.45, 2.75) is 0 Å². The quantitative estimate of drug-likeness (QED) is 0.715. The van der Waals surface area contributed by atoms with E-state index in [1.54, 1.807) is 18.2 Å². The van der Waals surface area contributed by atoms with Crippen molar-refractivity contribution in [1.82, 2.24) is 0 Å². The molecule has 0 aliphatic heterocycles. The molecule has 0 atom stereocenters. The number of methoxy groups -OCH3 is 1. The molecule has 1 aromatic rings. The number of nitriles is 1. The van der Waals surface area contributed by atoms with Crippen molar-refractivity contribution < 1.29 is 14.3 Å². The topological polar surface area (TPSA) is 97.4 Å². The molecule has 0 saturated carbocycles. The van der Waals surface area contributed by atoms with E-state index in [1.165, 1.54) is 7.11 Å². The molecule has 0 saturated heterocycles. The highest BCUT2D eigenvalue weighted by molar-refractivity contribution is 5.93. The molecule has 1 aromatic carbocycles. The zero-order valence-corrected chi connectivity index (χ0v) is 10.1. The van der Waals surface area contributed by atoms with Gasteiger partial charge in [-0.05, 0) is 12.1 Å². The molecule has 0 aromatic heterocycles. The van der Waals surface area contributed by atoms with E-state index >= 15 is 0 Å². The summed E-state index contributed by atoms with van der Waals surface area (Å²) in [7, 11) is 1.47. The van der Waals surface area contributed by atoms with E-state index in [0.29, 0.717) is 30.2 Å². The highest BCUT2D eigenvalue weighted by Gasteiger charge is 2.08. The zero-order chi connectivity index (χ0) is 13.4. The van der Waals surface area contributed by atoms with E-state index in [4.69, 9.17) is 20.5 Å². The second-order valence-electron chi connectivity index (χ2n) is 3.42. The summed E-state index contributed by atoms with van der Waals surface area (Å²) in [4.78, 5) is 11.5. The van der Waals surface area contributed by atoms with Crippen molar-refractivity contribution >= 4 is 11.6 Å². The van der Waals surface area contributed by atoms with Crippen LogP contribution in [0, 0.1) is 11.3 Å². The normalized spacial score (nSPS) is 9.61. The average molecular weight is 249 g/mol. The van der Waals surface area contributed by atoms with Gasteiger partial charge < -0.3 is 20.5 Å². The molecule has 1 rings (SSSR count). The van der Waals surface area contributed by atoms with Gasteiger partial charge in [0.2, 0.25) is 5.91 Å². The summed E-state index contributed by atoms with van der Waals surface area (Å²) in [5.74, 6) is 0.132. The number of hydrogen-bond acceptors (Lipinski definition) is 5. The SMILES string of the molecule is COc1cc(C#N)ccc1NC(=O)COCCN. The first-order valence-corrected chi connectivity index (χ1v) is 5.37. The van der Waals surface area contributed by atoms with Crippen LogP contribution in [0.3, 0.4) is 0 Å². The van der Waals surface area contributed by atoms with Crippen LogP contribution in [0.1, 0.15) is 5.56 Å². The summed E-state index contributed by atoms with van der Waals surface area (Å²) in [5.41, 5.74) is 6.20. The Bertz CT molecular complexity index is 454. The van der Waals surface area contributed by atoms with Gasteiger partial charge in [0.15, 0.2) is 0 Å². The molecule has 6 heteroatoms. The Morgan fingerprint density at radius 3 is 2.94 bits per heavy atom. The third-order valence-electron chi connectivity index (χ3n) is 2.10. The van der Waals surface area contributed by atoms with Gasteiger partial charge in [-0.1, -0.05) is 0 Å². The van der Waals surface area contributed by atoms with E-state index in [1.807, 2.05) is 6.07 Å². The van der Waals surface area contributed by atoms with Crippen LogP contribution in [0.25, 0.3) is 0 Å². The minimum absolute atomic E-state index is 0.0691. The smallest absolute Gasteiger partial charge is 0.250 e. The molecule has 3 N–H and O–H groups in total. The standard InChI is InChI=1S/C12H15N3O3/c1-17-11-6-9(7-14)2-3-10(11)15-12(16)8-18-5-4-13/h2-3,6H,4-5,8,13H2,1H3,(H,15,16).